The standard InChI is InChI=1S/C25H23NO/c1-17-24(18-10-12-22(27)13-11-18)15-20-7-4-5-9-23(20)25(17)14-19-6-2-3-8-21(19)16-26/h2-13,17,24-25,27H,14-15H2,1H3. The molecule has 3 unspecified atom stereocenters. The normalized spacial score (nSPS) is 21.3. The Hall–Kier alpha value is -3.05. The maximum Gasteiger partial charge on any atom is 0.115 e. The molecule has 0 fully saturated rings. The average Bonchev–Trinajstić information content (AvgIpc) is 2.71. The van der Waals surface area contributed by atoms with Gasteiger partial charge < -0.3 is 5.11 Å². The molecule has 0 bridgehead atoms. The molecule has 2 nitrogen and oxygen atoms in total. The Morgan fingerprint density at radius 3 is 2.44 bits per heavy atom. The molecule has 4 rings (SSSR count). The van der Waals surface area contributed by atoms with Crippen molar-refractivity contribution in [3.8, 4) is 11.8 Å². The van der Waals surface area contributed by atoms with Gasteiger partial charge in [0.05, 0.1) is 11.6 Å². The van der Waals surface area contributed by atoms with E-state index in [-0.39, 0.29) is 0 Å². The Balaban J connectivity index is 1.74. The number of rotatable bonds is 3. The van der Waals surface area contributed by atoms with Crippen molar-refractivity contribution in [1.82, 2.24) is 0 Å². The summed E-state index contributed by atoms with van der Waals surface area (Å²) in [6.07, 6.45) is 1.88. The molecular formula is C25H23NO. The van der Waals surface area contributed by atoms with Crippen LogP contribution >= 0.6 is 0 Å². The van der Waals surface area contributed by atoms with Gasteiger partial charge in [-0.3, -0.25) is 0 Å². The minimum atomic E-state index is 0.308. The van der Waals surface area contributed by atoms with Crippen LogP contribution in [0.15, 0.2) is 72.8 Å². The van der Waals surface area contributed by atoms with Gasteiger partial charge in [0.25, 0.3) is 0 Å². The van der Waals surface area contributed by atoms with Crippen LogP contribution in [0.1, 0.15) is 46.6 Å². The third kappa shape index (κ3) is 3.34. The maximum absolute atomic E-state index is 9.65. The molecule has 0 saturated heterocycles. The lowest BCUT2D eigenvalue weighted by atomic mass is 9.66. The summed E-state index contributed by atoms with van der Waals surface area (Å²) in [7, 11) is 0. The van der Waals surface area contributed by atoms with Crippen molar-refractivity contribution in [2.24, 2.45) is 5.92 Å². The molecule has 0 saturated carbocycles. The monoisotopic (exact) mass is 353 g/mol. The summed E-state index contributed by atoms with van der Waals surface area (Å²) in [6, 6.07) is 26.7. The van der Waals surface area contributed by atoms with E-state index in [0.717, 1.165) is 24.0 Å². The summed E-state index contributed by atoms with van der Waals surface area (Å²) in [5.74, 6) is 1.52. The van der Waals surface area contributed by atoms with Gasteiger partial charge in [-0.15, -0.1) is 0 Å². The number of benzene rings is 3. The lowest BCUT2D eigenvalue weighted by Crippen LogP contribution is -2.28. The Bertz CT molecular complexity index is 984. The third-order valence-corrected chi connectivity index (χ3v) is 6.06. The molecule has 1 N–H and O–H groups in total. The van der Waals surface area contributed by atoms with Gasteiger partial charge in [0.15, 0.2) is 0 Å². The smallest absolute Gasteiger partial charge is 0.115 e. The fraction of sp³-hybridized carbons (Fsp3) is 0.240. The third-order valence-electron chi connectivity index (χ3n) is 6.06. The first-order chi connectivity index (χ1) is 13.2. The second-order valence-corrected chi connectivity index (χ2v) is 7.54. The fourth-order valence-corrected chi connectivity index (χ4v) is 4.55. The molecule has 0 aromatic heterocycles. The summed E-state index contributed by atoms with van der Waals surface area (Å²) in [6.45, 7) is 2.33. The van der Waals surface area contributed by atoms with Crippen molar-refractivity contribution in [3.05, 3.63) is 101 Å². The van der Waals surface area contributed by atoms with Crippen LogP contribution < -0.4 is 0 Å². The Morgan fingerprint density at radius 2 is 1.67 bits per heavy atom. The number of hydrogen-bond acceptors (Lipinski definition) is 2. The van der Waals surface area contributed by atoms with Gasteiger partial charge in [0.1, 0.15) is 5.75 Å². The number of fused-ring (bicyclic) bond motifs is 1. The predicted octanol–water partition coefficient (Wildman–Crippen LogP) is 5.57. The molecule has 0 aliphatic heterocycles. The zero-order valence-corrected chi connectivity index (χ0v) is 15.5. The van der Waals surface area contributed by atoms with Crippen molar-refractivity contribution in [1.29, 1.82) is 5.26 Å². The van der Waals surface area contributed by atoms with E-state index < -0.39 is 0 Å². The molecule has 0 radical (unpaired) electrons. The lowest BCUT2D eigenvalue weighted by Gasteiger charge is -2.38. The van der Waals surface area contributed by atoms with Crippen molar-refractivity contribution >= 4 is 0 Å². The quantitative estimate of drug-likeness (QED) is 0.669. The largest absolute Gasteiger partial charge is 0.508 e. The van der Waals surface area contributed by atoms with Crippen LogP contribution in [0.4, 0.5) is 0 Å². The van der Waals surface area contributed by atoms with Crippen LogP contribution in [-0.2, 0) is 12.8 Å². The molecule has 0 amide bonds. The first-order valence-electron chi connectivity index (χ1n) is 9.52. The molecule has 3 aromatic rings. The van der Waals surface area contributed by atoms with Gasteiger partial charge in [-0.1, -0.05) is 61.5 Å². The van der Waals surface area contributed by atoms with Gasteiger partial charge in [-0.2, -0.15) is 5.26 Å². The molecule has 1 aliphatic carbocycles. The van der Waals surface area contributed by atoms with Crippen LogP contribution in [0.5, 0.6) is 5.75 Å². The van der Waals surface area contributed by atoms with E-state index >= 15 is 0 Å². The van der Waals surface area contributed by atoms with Crippen molar-refractivity contribution in [2.75, 3.05) is 0 Å². The Labute approximate surface area is 160 Å². The summed E-state index contributed by atoms with van der Waals surface area (Å²) in [5.41, 5.74) is 5.97. The van der Waals surface area contributed by atoms with Crippen molar-refractivity contribution < 1.29 is 5.11 Å². The van der Waals surface area contributed by atoms with Gasteiger partial charge in [0, 0.05) is 0 Å². The molecule has 0 heterocycles. The second kappa shape index (κ2) is 7.29. The zero-order valence-electron chi connectivity index (χ0n) is 15.5. The van der Waals surface area contributed by atoms with Gasteiger partial charge in [-0.25, -0.2) is 0 Å². The van der Waals surface area contributed by atoms with Gasteiger partial charge in [0.2, 0.25) is 0 Å². The molecule has 27 heavy (non-hydrogen) atoms. The van der Waals surface area contributed by atoms with E-state index in [1.807, 2.05) is 30.3 Å². The van der Waals surface area contributed by atoms with E-state index in [0.29, 0.717) is 23.5 Å². The van der Waals surface area contributed by atoms with E-state index in [9.17, 15) is 10.4 Å². The molecular weight excluding hydrogens is 330 g/mol. The van der Waals surface area contributed by atoms with Gasteiger partial charge >= 0.3 is 0 Å². The highest BCUT2D eigenvalue weighted by atomic mass is 16.3. The molecule has 0 spiro atoms. The number of phenolic OH excluding ortho intramolecular Hbond substituents is 1. The molecule has 3 atom stereocenters. The predicted molar refractivity (Wildman–Crippen MR) is 108 cm³/mol. The maximum atomic E-state index is 9.65. The van der Waals surface area contributed by atoms with Crippen LogP contribution in [-0.4, -0.2) is 5.11 Å². The second-order valence-electron chi connectivity index (χ2n) is 7.54. The highest BCUT2D eigenvalue weighted by molar-refractivity contribution is 5.43. The molecule has 3 aromatic carbocycles. The first-order valence-corrected chi connectivity index (χ1v) is 9.52. The minimum absolute atomic E-state index is 0.308. The minimum Gasteiger partial charge on any atom is -0.508 e. The van der Waals surface area contributed by atoms with Crippen LogP contribution in [0, 0.1) is 17.2 Å². The number of aromatic hydroxyl groups is 1. The average molecular weight is 353 g/mol. The van der Waals surface area contributed by atoms with E-state index in [2.05, 4.69) is 43.3 Å². The highest BCUT2D eigenvalue weighted by Gasteiger charge is 2.34. The van der Waals surface area contributed by atoms with Crippen LogP contribution in [0.2, 0.25) is 0 Å². The van der Waals surface area contributed by atoms with E-state index in [4.69, 9.17) is 0 Å². The van der Waals surface area contributed by atoms with E-state index in [1.165, 1.54) is 16.7 Å². The van der Waals surface area contributed by atoms with E-state index in [1.54, 1.807) is 12.1 Å². The molecule has 134 valence electrons. The highest BCUT2D eigenvalue weighted by Crippen LogP contribution is 2.46. The summed E-state index contributed by atoms with van der Waals surface area (Å²) >= 11 is 0. The van der Waals surface area contributed by atoms with Crippen LogP contribution in [0.25, 0.3) is 0 Å². The lowest BCUT2D eigenvalue weighted by molar-refractivity contribution is 0.348. The first kappa shape index (κ1) is 17.4. The molecule has 2 heteroatoms. The summed E-state index contributed by atoms with van der Waals surface area (Å²) < 4.78 is 0. The fourth-order valence-electron chi connectivity index (χ4n) is 4.55. The Morgan fingerprint density at radius 1 is 0.963 bits per heavy atom. The Kier molecular flexibility index (Phi) is 4.69. The topological polar surface area (TPSA) is 44.0 Å². The number of phenols is 1. The number of nitrogens with zero attached hydrogens (tertiary/aromatic N) is 1. The van der Waals surface area contributed by atoms with Gasteiger partial charge in [-0.05, 0) is 71.0 Å². The summed E-state index contributed by atoms with van der Waals surface area (Å²) in [5, 5.41) is 19.1. The zero-order chi connectivity index (χ0) is 18.8. The summed E-state index contributed by atoms with van der Waals surface area (Å²) in [4.78, 5) is 0. The number of hydrogen-bond donors (Lipinski definition) is 1. The number of nitriles is 1. The SMILES string of the molecule is CC1C(c2ccc(O)cc2)Cc2ccccc2C1Cc1ccccc1C#N. The van der Waals surface area contributed by atoms with Crippen molar-refractivity contribution in [2.45, 2.75) is 31.6 Å². The van der Waals surface area contributed by atoms with Crippen molar-refractivity contribution in [3.63, 3.8) is 0 Å². The molecule has 1 aliphatic rings. The van der Waals surface area contributed by atoms with Crippen LogP contribution in [0.3, 0.4) is 0 Å².